The predicted molar refractivity (Wildman–Crippen MR) is 266 cm³/mol. The third-order valence-electron chi connectivity index (χ3n) is 13.4. The maximum Gasteiger partial charge on any atom is 0.152 e. The monoisotopic (exact) mass is 815 g/mol. The molecule has 0 atom stereocenters. The van der Waals surface area contributed by atoms with E-state index in [0.717, 1.165) is 45.2 Å². The topological polar surface area (TPSA) is 24.0 Å². The van der Waals surface area contributed by atoms with Crippen molar-refractivity contribution in [2.24, 2.45) is 0 Å². The van der Waals surface area contributed by atoms with Crippen molar-refractivity contribution in [2.45, 2.75) is 0 Å². The molecule has 14 rings (SSSR count). The number of para-hydroxylation sites is 5. The van der Waals surface area contributed by atoms with Gasteiger partial charge in [0.1, 0.15) is 0 Å². The van der Waals surface area contributed by atoms with E-state index in [0.29, 0.717) is 0 Å². The summed E-state index contributed by atoms with van der Waals surface area (Å²) in [5.41, 5.74) is 17.4. The normalized spacial score (nSPS) is 12.2. The lowest BCUT2D eigenvalue weighted by atomic mass is 9.99. The van der Waals surface area contributed by atoms with E-state index in [1.54, 1.807) is 0 Å². The van der Waals surface area contributed by atoms with E-state index in [4.69, 9.17) is 4.74 Å². The summed E-state index contributed by atoms with van der Waals surface area (Å²) in [5, 5.41) is 7.36. The molecule has 4 nitrogen and oxygen atoms in total. The van der Waals surface area contributed by atoms with E-state index in [1.807, 2.05) is 0 Å². The molecule has 13 aromatic rings. The fourth-order valence-corrected chi connectivity index (χ4v) is 10.6. The maximum atomic E-state index is 6.64. The van der Waals surface area contributed by atoms with Gasteiger partial charge < -0.3 is 18.4 Å². The SMILES string of the molecule is c1ccc(-c2ccc3c(c2)c2cc(-c4ccc5c(c4)c4ccccc4n5-c4ccccc4)ccc2n3-c2ccc(-c3cccc4c3-n3c5ccccc5c5cccc(c53)O4)cc2)cc1. The van der Waals surface area contributed by atoms with Crippen molar-refractivity contribution in [3.63, 3.8) is 0 Å². The lowest BCUT2D eigenvalue weighted by molar-refractivity contribution is 0.477. The van der Waals surface area contributed by atoms with Gasteiger partial charge in [0.2, 0.25) is 0 Å². The molecule has 1 aliphatic rings. The van der Waals surface area contributed by atoms with Gasteiger partial charge in [-0.3, -0.25) is 0 Å². The summed E-state index contributed by atoms with van der Waals surface area (Å²) in [5.74, 6) is 1.74. The van der Waals surface area contributed by atoms with Crippen LogP contribution in [0.2, 0.25) is 0 Å². The Bertz CT molecular complexity index is 4020. The summed E-state index contributed by atoms with van der Waals surface area (Å²) in [6, 6.07) is 81.5. The highest BCUT2D eigenvalue weighted by Gasteiger charge is 2.26. The highest BCUT2D eigenvalue weighted by atomic mass is 16.5. The van der Waals surface area contributed by atoms with Crippen LogP contribution >= 0.6 is 0 Å². The quantitative estimate of drug-likeness (QED) is 0.170. The standard InChI is InChI=1S/C60H37N3O/c1-3-13-38(14-4-1)40-27-32-55-50(35-40)51-37-42(41-28-33-54-49(36-41)47-18-8-9-21-52(47)61(54)43-15-5-2-6-16-43)29-34-56(51)62(55)44-30-25-39(26-31-44)45-19-11-23-57-59(45)63-53-22-10-7-17-46(53)48-20-12-24-58(64-57)60(48)63/h1-37H. The van der Waals surface area contributed by atoms with Gasteiger partial charge in [-0.05, 0) is 113 Å². The van der Waals surface area contributed by atoms with Crippen molar-refractivity contribution in [2.75, 3.05) is 0 Å². The van der Waals surface area contributed by atoms with Gasteiger partial charge in [0.15, 0.2) is 11.5 Å². The Morgan fingerprint density at radius 1 is 0.266 bits per heavy atom. The van der Waals surface area contributed by atoms with Gasteiger partial charge in [-0.2, -0.15) is 0 Å². The Morgan fingerprint density at radius 3 is 1.38 bits per heavy atom. The third kappa shape index (κ3) is 5.05. The molecular formula is C60H37N3O. The van der Waals surface area contributed by atoms with E-state index in [9.17, 15) is 0 Å². The Hall–Kier alpha value is -8.60. The van der Waals surface area contributed by atoms with Crippen LogP contribution < -0.4 is 4.74 Å². The fraction of sp³-hybridized carbons (Fsp3) is 0. The number of benzene rings is 10. The van der Waals surface area contributed by atoms with Gasteiger partial charge in [-0.25, -0.2) is 0 Å². The van der Waals surface area contributed by atoms with Gasteiger partial charge in [0.05, 0.1) is 38.8 Å². The first-order chi connectivity index (χ1) is 31.7. The average Bonchev–Trinajstić information content (AvgIpc) is 4.00. The van der Waals surface area contributed by atoms with E-state index in [-0.39, 0.29) is 0 Å². The Labute approximate surface area is 368 Å². The highest BCUT2D eigenvalue weighted by molar-refractivity contribution is 6.14. The van der Waals surface area contributed by atoms with Crippen LogP contribution in [-0.4, -0.2) is 13.7 Å². The number of fused-ring (bicyclic) bond motifs is 11. The molecule has 298 valence electrons. The highest BCUT2D eigenvalue weighted by Crippen LogP contribution is 2.49. The van der Waals surface area contributed by atoms with Crippen LogP contribution in [0.4, 0.5) is 0 Å². The van der Waals surface area contributed by atoms with E-state index < -0.39 is 0 Å². The van der Waals surface area contributed by atoms with E-state index >= 15 is 0 Å². The molecule has 0 saturated carbocycles. The van der Waals surface area contributed by atoms with E-state index in [1.165, 1.54) is 82.2 Å². The summed E-state index contributed by atoms with van der Waals surface area (Å²) in [6.07, 6.45) is 0. The molecule has 0 aliphatic carbocycles. The van der Waals surface area contributed by atoms with E-state index in [2.05, 4.69) is 238 Å². The Balaban J connectivity index is 0.928. The van der Waals surface area contributed by atoms with Crippen LogP contribution in [0.3, 0.4) is 0 Å². The summed E-state index contributed by atoms with van der Waals surface area (Å²) < 4.78 is 13.8. The van der Waals surface area contributed by atoms with Gasteiger partial charge in [-0.15, -0.1) is 0 Å². The van der Waals surface area contributed by atoms with Crippen LogP contribution in [0.15, 0.2) is 224 Å². The van der Waals surface area contributed by atoms with Crippen LogP contribution in [0.5, 0.6) is 11.5 Å². The van der Waals surface area contributed by atoms with Gasteiger partial charge in [-0.1, -0.05) is 140 Å². The zero-order valence-corrected chi connectivity index (χ0v) is 34.6. The molecule has 0 amide bonds. The molecular weight excluding hydrogens is 779 g/mol. The van der Waals surface area contributed by atoms with Crippen molar-refractivity contribution in [3.05, 3.63) is 224 Å². The van der Waals surface area contributed by atoms with Crippen molar-refractivity contribution in [1.82, 2.24) is 13.7 Å². The number of aromatic nitrogens is 3. The summed E-state index contributed by atoms with van der Waals surface area (Å²) in [6.45, 7) is 0. The summed E-state index contributed by atoms with van der Waals surface area (Å²) in [7, 11) is 0. The van der Waals surface area contributed by atoms with Crippen LogP contribution in [0, 0.1) is 0 Å². The smallest absolute Gasteiger partial charge is 0.152 e. The minimum Gasteiger partial charge on any atom is -0.453 e. The molecule has 4 heteroatoms. The van der Waals surface area contributed by atoms with Gasteiger partial charge >= 0.3 is 0 Å². The molecule has 0 fully saturated rings. The second kappa shape index (κ2) is 13.4. The second-order valence-electron chi connectivity index (χ2n) is 16.9. The van der Waals surface area contributed by atoms with Crippen molar-refractivity contribution < 1.29 is 4.74 Å². The van der Waals surface area contributed by atoms with Crippen LogP contribution in [0.1, 0.15) is 0 Å². The second-order valence-corrected chi connectivity index (χ2v) is 16.9. The largest absolute Gasteiger partial charge is 0.453 e. The maximum absolute atomic E-state index is 6.64. The molecule has 10 aromatic carbocycles. The first-order valence-electron chi connectivity index (χ1n) is 21.9. The molecule has 0 N–H and O–H groups in total. The molecule has 1 aliphatic heterocycles. The number of nitrogens with zero attached hydrogens (tertiary/aromatic N) is 3. The molecule has 0 bridgehead atoms. The Kier molecular flexibility index (Phi) is 7.36. The number of hydrogen-bond acceptors (Lipinski definition) is 1. The fourth-order valence-electron chi connectivity index (χ4n) is 10.6. The lowest BCUT2D eigenvalue weighted by Gasteiger charge is -2.23. The van der Waals surface area contributed by atoms with Crippen LogP contribution in [0.25, 0.3) is 116 Å². The average molecular weight is 816 g/mol. The van der Waals surface area contributed by atoms with Crippen LogP contribution in [-0.2, 0) is 0 Å². The number of ether oxygens (including phenoxy) is 1. The molecule has 0 unspecified atom stereocenters. The third-order valence-corrected chi connectivity index (χ3v) is 13.4. The van der Waals surface area contributed by atoms with Gasteiger partial charge in [0.25, 0.3) is 0 Å². The number of hydrogen-bond donors (Lipinski definition) is 0. The first-order valence-corrected chi connectivity index (χ1v) is 21.9. The molecule has 64 heavy (non-hydrogen) atoms. The van der Waals surface area contributed by atoms with Gasteiger partial charge in [0, 0.05) is 49.3 Å². The van der Waals surface area contributed by atoms with Crippen molar-refractivity contribution >= 4 is 65.4 Å². The number of rotatable bonds is 5. The zero-order chi connectivity index (χ0) is 41.9. The zero-order valence-electron chi connectivity index (χ0n) is 34.6. The van der Waals surface area contributed by atoms with Crippen molar-refractivity contribution in [3.8, 4) is 61.9 Å². The predicted octanol–water partition coefficient (Wildman–Crippen LogP) is 16.1. The minimum atomic E-state index is 0.858. The molecule has 0 spiro atoms. The lowest BCUT2D eigenvalue weighted by Crippen LogP contribution is -2.06. The summed E-state index contributed by atoms with van der Waals surface area (Å²) >= 11 is 0. The first kappa shape index (κ1) is 35.0. The Morgan fingerprint density at radius 2 is 0.719 bits per heavy atom. The molecule has 3 aromatic heterocycles. The minimum absolute atomic E-state index is 0.858. The van der Waals surface area contributed by atoms with Crippen molar-refractivity contribution in [1.29, 1.82) is 0 Å². The molecule has 0 saturated heterocycles. The molecule has 0 radical (unpaired) electrons. The summed E-state index contributed by atoms with van der Waals surface area (Å²) in [4.78, 5) is 0. The molecule has 4 heterocycles.